The van der Waals surface area contributed by atoms with E-state index in [9.17, 15) is 4.79 Å². The van der Waals surface area contributed by atoms with Crippen LogP contribution in [-0.4, -0.2) is 25.2 Å². The lowest BCUT2D eigenvalue weighted by molar-refractivity contribution is 0.0601. The van der Waals surface area contributed by atoms with E-state index in [1.807, 2.05) is 0 Å². The first-order chi connectivity index (χ1) is 6.19. The quantitative estimate of drug-likeness (QED) is 0.672. The first kappa shape index (κ1) is 9.31. The van der Waals surface area contributed by atoms with Gasteiger partial charge in [-0.05, 0) is 6.07 Å². The lowest BCUT2D eigenvalue weighted by Gasteiger charge is -2.04. The number of nitrogens with two attached hydrogens (primary N) is 1. The third-order valence-corrected chi connectivity index (χ3v) is 1.53. The molecule has 0 amide bonds. The van der Waals surface area contributed by atoms with Crippen molar-refractivity contribution in [1.29, 1.82) is 0 Å². The van der Waals surface area contributed by atoms with Crippen LogP contribution in [0.1, 0.15) is 10.4 Å². The second-order valence-corrected chi connectivity index (χ2v) is 2.30. The Labute approximate surface area is 75.5 Å². The summed E-state index contributed by atoms with van der Waals surface area (Å²) in [5.41, 5.74) is 5.66. The topological polar surface area (TPSA) is 74.4 Å². The molecule has 2 N–H and O–H groups in total. The number of hydrogen-bond acceptors (Lipinski definition) is 5. The number of methoxy groups -OCH3 is 2. The van der Waals surface area contributed by atoms with Crippen LogP contribution in [0.25, 0.3) is 0 Å². The molecule has 0 saturated carbocycles. The molecule has 0 radical (unpaired) electrons. The summed E-state index contributed by atoms with van der Waals surface area (Å²) in [7, 11) is 2.76. The molecule has 0 aliphatic rings. The van der Waals surface area contributed by atoms with Crippen LogP contribution in [0.2, 0.25) is 0 Å². The minimum atomic E-state index is -0.524. The molecule has 0 atom stereocenters. The summed E-state index contributed by atoms with van der Waals surface area (Å²) in [6, 6.07) is 1.48. The molecule has 0 fully saturated rings. The molecule has 0 aromatic carbocycles. The summed E-state index contributed by atoms with van der Waals surface area (Å²) in [5.74, 6) is 0.0751. The van der Waals surface area contributed by atoms with Crippen molar-refractivity contribution >= 4 is 11.8 Å². The minimum absolute atomic E-state index is 0.132. The monoisotopic (exact) mass is 182 g/mol. The summed E-state index contributed by atoms with van der Waals surface area (Å²) < 4.78 is 9.38. The van der Waals surface area contributed by atoms with Crippen molar-refractivity contribution in [2.45, 2.75) is 0 Å². The summed E-state index contributed by atoms with van der Waals surface area (Å²) in [6.45, 7) is 0. The molecule has 70 valence electrons. The van der Waals surface area contributed by atoms with Gasteiger partial charge in [-0.25, -0.2) is 9.78 Å². The van der Waals surface area contributed by atoms with Gasteiger partial charge in [0.15, 0.2) is 0 Å². The number of ether oxygens (including phenoxy) is 2. The van der Waals surface area contributed by atoms with Crippen LogP contribution in [0.4, 0.5) is 5.82 Å². The number of nitrogen functional groups attached to an aromatic ring is 1. The molecule has 0 bridgehead atoms. The first-order valence-corrected chi connectivity index (χ1v) is 3.57. The van der Waals surface area contributed by atoms with Gasteiger partial charge in [0, 0.05) is 0 Å². The van der Waals surface area contributed by atoms with E-state index in [-0.39, 0.29) is 11.4 Å². The summed E-state index contributed by atoms with van der Waals surface area (Å²) in [6.07, 6.45) is 1.43. The molecule has 5 nitrogen and oxygen atoms in total. The van der Waals surface area contributed by atoms with Crippen molar-refractivity contribution in [2.75, 3.05) is 20.0 Å². The van der Waals surface area contributed by atoms with E-state index in [0.717, 1.165) is 0 Å². The van der Waals surface area contributed by atoms with Crippen LogP contribution in [-0.2, 0) is 4.74 Å². The molecular weight excluding hydrogens is 172 g/mol. The number of carbonyl (C=O) groups excluding carboxylic acids is 1. The number of esters is 1. The summed E-state index contributed by atoms with van der Waals surface area (Å²) in [4.78, 5) is 14.9. The number of rotatable bonds is 2. The molecule has 1 aromatic heterocycles. The number of nitrogens with zero attached hydrogens (tertiary/aromatic N) is 1. The number of anilines is 1. The Morgan fingerprint density at radius 3 is 2.77 bits per heavy atom. The van der Waals surface area contributed by atoms with Crippen molar-refractivity contribution < 1.29 is 14.3 Å². The van der Waals surface area contributed by atoms with Gasteiger partial charge in [-0.1, -0.05) is 0 Å². The van der Waals surface area contributed by atoms with Crippen molar-refractivity contribution in [3.63, 3.8) is 0 Å². The lowest BCUT2D eigenvalue weighted by Crippen LogP contribution is -2.07. The highest BCUT2D eigenvalue weighted by Gasteiger charge is 2.11. The molecule has 0 saturated heterocycles. The fourth-order valence-corrected chi connectivity index (χ4v) is 0.841. The normalized spacial score (nSPS) is 9.38. The number of carbonyl (C=O) groups is 1. The minimum Gasteiger partial charge on any atom is -0.495 e. The zero-order chi connectivity index (χ0) is 9.84. The van der Waals surface area contributed by atoms with Crippen molar-refractivity contribution in [1.82, 2.24) is 4.98 Å². The molecule has 1 heterocycles. The van der Waals surface area contributed by atoms with Crippen molar-refractivity contribution in [3.8, 4) is 5.75 Å². The van der Waals surface area contributed by atoms with Gasteiger partial charge in [0.1, 0.15) is 17.1 Å². The van der Waals surface area contributed by atoms with E-state index < -0.39 is 5.97 Å². The van der Waals surface area contributed by atoms with Crippen LogP contribution in [0.5, 0.6) is 5.75 Å². The third kappa shape index (κ3) is 1.87. The van der Waals surface area contributed by atoms with E-state index in [1.165, 1.54) is 26.5 Å². The second-order valence-electron chi connectivity index (χ2n) is 2.30. The second kappa shape index (κ2) is 3.75. The first-order valence-electron chi connectivity index (χ1n) is 3.57. The molecule has 0 unspecified atom stereocenters. The number of hydrogen-bond donors (Lipinski definition) is 1. The van der Waals surface area contributed by atoms with Gasteiger partial charge in [0.2, 0.25) is 0 Å². The molecule has 0 aliphatic heterocycles. The fourth-order valence-electron chi connectivity index (χ4n) is 0.841. The van der Waals surface area contributed by atoms with E-state index >= 15 is 0 Å². The predicted molar refractivity (Wildman–Crippen MR) is 46.5 cm³/mol. The van der Waals surface area contributed by atoms with Gasteiger partial charge in [0.25, 0.3) is 0 Å². The Balaban J connectivity index is 3.11. The molecule has 1 aromatic rings. The fraction of sp³-hybridized carbons (Fsp3) is 0.250. The molecule has 5 heteroatoms. The maximum absolute atomic E-state index is 11.1. The smallest absolute Gasteiger partial charge is 0.341 e. The Kier molecular flexibility index (Phi) is 2.69. The SMILES string of the molecule is COC(=O)c1cc(OC)cnc1N. The molecule has 13 heavy (non-hydrogen) atoms. The average molecular weight is 182 g/mol. The van der Waals surface area contributed by atoms with Crippen LogP contribution in [0.15, 0.2) is 12.3 Å². The zero-order valence-corrected chi connectivity index (χ0v) is 7.40. The van der Waals surface area contributed by atoms with E-state index in [0.29, 0.717) is 5.75 Å². The van der Waals surface area contributed by atoms with E-state index in [2.05, 4.69) is 9.72 Å². The molecule has 0 spiro atoms. The third-order valence-electron chi connectivity index (χ3n) is 1.53. The van der Waals surface area contributed by atoms with Crippen LogP contribution in [0.3, 0.4) is 0 Å². The maximum atomic E-state index is 11.1. The van der Waals surface area contributed by atoms with Crippen LogP contribution < -0.4 is 10.5 Å². The number of pyridine rings is 1. The standard InChI is InChI=1S/C8H10N2O3/c1-12-5-3-6(8(11)13-2)7(9)10-4-5/h3-4H,1-2H3,(H2,9,10). The predicted octanol–water partition coefficient (Wildman–Crippen LogP) is 0.459. The van der Waals surface area contributed by atoms with E-state index in [4.69, 9.17) is 10.5 Å². The van der Waals surface area contributed by atoms with Crippen LogP contribution in [0, 0.1) is 0 Å². The summed E-state index contributed by atoms with van der Waals surface area (Å²) in [5, 5.41) is 0. The van der Waals surface area contributed by atoms with Gasteiger partial charge in [0.05, 0.1) is 20.4 Å². The Morgan fingerprint density at radius 1 is 1.54 bits per heavy atom. The largest absolute Gasteiger partial charge is 0.495 e. The highest BCUT2D eigenvalue weighted by Crippen LogP contribution is 2.16. The molecule has 1 rings (SSSR count). The summed E-state index contributed by atoms with van der Waals surface area (Å²) >= 11 is 0. The zero-order valence-electron chi connectivity index (χ0n) is 7.40. The lowest BCUT2D eigenvalue weighted by atomic mass is 10.2. The van der Waals surface area contributed by atoms with Crippen LogP contribution >= 0.6 is 0 Å². The number of aromatic nitrogens is 1. The van der Waals surface area contributed by atoms with Gasteiger partial charge < -0.3 is 15.2 Å². The highest BCUT2D eigenvalue weighted by molar-refractivity contribution is 5.94. The van der Waals surface area contributed by atoms with E-state index in [1.54, 1.807) is 0 Å². The Hall–Kier alpha value is -1.78. The molecule has 0 aliphatic carbocycles. The maximum Gasteiger partial charge on any atom is 0.341 e. The van der Waals surface area contributed by atoms with Crippen molar-refractivity contribution in [3.05, 3.63) is 17.8 Å². The Morgan fingerprint density at radius 2 is 2.23 bits per heavy atom. The average Bonchev–Trinajstić information content (AvgIpc) is 2.17. The highest BCUT2D eigenvalue weighted by atomic mass is 16.5. The molecular formula is C8H10N2O3. The van der Waals surface area contributed by atoms with Gasteiger partial charge >= 0.3 is 5.97 Å². The van der Waals surface area contributed by atoms with Crippen molar-refractivity contribution in [2.24, 2.45) is 0 Å². The van der Waals surface area contributed by atoms with Gasteiger partial charge in [-0.3, -0.25) is 0 Å². The Bertz CT molecular complexity index is 325. The van der Waals surface area contributed by atoms with Gasteiger partial charge in [-0.2, -0.15) is 0 Å². The van der Waals surface area contributed by atoms with Gasteiger partial charge in [-0.15, -0.1) is 0 Å².